The van der Waals surface area contributed by atoms with Crippen LogP contribution >= 0.6 is 24.0 Å². The highest BCUT2D eigenvalue weighted by molar-refractivity contribution is 14.0. The molecule has 2 rings (SSSR count). The molecule has 124 valence electrons. The van der Waals surface area contributed by atoms with E-state index in [2.05, 4.69) is 59.5 Å². The second-order valence-corrected chi connectivity index (χ2v) is 5.85. The third-order valence-corrected chi connectivity index (χ3v) is 4.06. The molecule has 0 spiro atoms. The molecule has 0 radical (unpaired) electrons. The number of rotatable bonds is 5. The molecule has 0 saturated carbocycles. The smallest absolute Gasteiger partial charge is 0.193 e. The lowest BCUT2D eigenvalue weighted by molar-refractivity contribution is 0.181. The van der Waals surface area contributed by atoms with E-state index in [1.54, 1.807) is 0 Å². The molecular weight excluding hydrogens is 389 g/mol. The van der Waals surface area contributed by atoms with Gasteiger partial charge >= 0.3 is 0 Å². The summed E-state index contributed by atoms with van der Waals surface area (Å²) in [6.07, 6.45) is 1.15. The van der Waals surface area contributed by atoms with E-state index in [4.69, 9.17) is 4.74 Å². The Kier molecular flexibility index (Phi) is 8.78. The molecule has 1 aromatic carbocycles. The van der Waals surface area contributed by atoms with Crippen molar-refractivity contribution >= 4 is 29.9 Å². The zero-order valence-corrected chi connectivity index (χ0v) is 16.1. The van der Waals surface area contributed by atoms with Gasteiger partial charge in [0.1, 0.15) is 0 Å². The molecule has 0 bridgehead atoms. The molecular formula is C17H28IN3O. The molecule has 1 fully saturated rings. The van der Waals surface area contributed by atoms with Crippen molar-refractivity contribution in [2.75, 3.05) is 40.4 Å². The zero-order valence-electron chi connectivity index (χ0n) is 13.8. The van der Waals surface area contributed by atoms with E-state index in [9.17, 15) is 0 Å². The second-order valence-electron chi connectivity index (χ2n) is 5.85. The van der Waals surface area contributed by atoms with Crippen LogP contribution in [0, 0.1) is 5.92 Å². The van der Waals surface area contributed by atoms with E-state index < -0.39 is 0 Å². The number of halogens is 1. The van der Waals surface area contributed by atoms with Crippen molar-refractivity contribution in [2.45, 2.75) is 19.3 Å². The minimum atomic E-state index is 0. The van der Waals surface area contributed by atoms with Gasteiger partial charge in [0.25, 0.3) is 0 Å². The van der Waals surface area contributed by atoms with Gasteiger partial charge < -0.3 is 15.0 Å². The molecule has 1 aliphatic rings. The highest BCUT2D eigenvalue weighted by Gasteiger charge is 2.19. The molecule has 0 aromatic heterocycles. The van der Waals surface area contributed by atoms with Crippen LogP contribution in [0.5, 0.6) is 0 Å². The molecule has 4 nitrogen and oxygen atoms in total. The highest BCUT2D eigenvalue weighted by atomic mass is 127. The quantitative estimate of drug-likeness (QED) is 0.455. The molecule has 2 unspecified atom stereocenters. The first-order valence-electron chi connectivity index (χ1n) is 7.75. The summed E-state index contributed by atoms with van der Waals surface area (Å²) in [6.45, 7) is 5.90. The third-order valence-electron chi connectivity index (χ3n) is 4.06. The SMILES string of the molecule is CN=C(NCC(C)c1ccccc1)N(C)CC1CCOC1.I. The van der Waals surface area contributed by atoms with Gasteiger partial charge in [-0.15, -0.1) is 24.0 Å². The lowest BCUT2D eigenvalue weighted by atomic mass is 10.0. The summed E-state index contributed by atoms with van der Waals surface area (Å²) in [5, 5.41) is 3.48. The molecule has 1 saturated heterocycles. The fourth-order valence-corrected chi connectivity index (χ4v) is 2.73. The van der Waals surface area contributed by atoms with Crippen LogP contribution in [0.15, 0.2) is 35.3 Å². The number of hydrogen-bond donors (Lipinski definition) is 1. The van der Waals surface area contributed by atoms with E-state index in [1.165, 1.54) is 5.56 Å². The van der Waals surface area contributed by atoms with Crippen LogP contribution in [0.3, 0.4) is 0 Å². The summed E-state index contributed by atoms with van der Waals surface area (Å²) in [7, 11) is 3.94. The van der Waals surface area contributed by atoms with Crippen LogP contribution < -0.4 is 5.32 Å². The third kappa shape index (κ3) is 5.76. The number of nitrogens with one attached hydrogen (secondary N) is 1. The number of benzene rings is 1. The Labute approximate surface area is 151 Å². The van der Waals surface area contributed by atoms with Gasteiger partial charge in [-0.1, -0.05) is 37.3 Å². The minimum Gasteiger partial charge on any atom is -0.381 e. The molecule has 0 amide bonds. The highest BCUT2D eigenvalue weighted by Crippen LogP contribution is 2.14. The van der Waals surface area contributed by atoms with Crippen molar-refractivity contribution in [1.29, 1.82) is 0 Å². The van der Waals surface area contributed by atoms with Crippen molar-refractivity contribution < 1.29 is 4.74 Å². The number of nitrogens with zero attached hydrogens (tertiary/aromatic N) is 2. The molecule has 2 atom stereocenters. The second kappa shape index (κ2) is 10.0. The molecule has 1 aromatic rings. The number of guanidine groups is 1. The summed E-state index contributed by atoms with van der Waals surface area (Å²) >= 11 is 0. The fourth-order valence-electron chi connectivity index (χ4n) is 2.73. The zero-order chi connectivity index (χ0) is 15.1. The van der Waals surface area contributed by atoms with Crippen LogP contribution in [-0.2, 0) is 4.74 Å². The van der Waals surface area contributed by atoms with Crippen LogP contribution in [0.1, 0.15) is 24.8 Å². The predicted octanol–water partition coefficient (Wildman–Crippen LogP) is 2.95. The Hall–Kier alpha value is -0.820. The number of hydrogen-bond acceptors (Lipinski definition) is 2. The average Bonchev–Trinajstić information content (AvgIpc) is 3.01. The van der Waals surface area contributed by atoms with Crippen molar-refractivity contribution in [3.8, 4) is 0 Å². The van der Waals surface area contributed by atoms with E-state index in [-0.39, 0.29) is 24.0 Å². The van der Waals surface area contributed by atoms with Crippen LogP contribution in [0.2, 0.25) is 0 Å². The van der Waals surface area contributed by atoms with Crippen LogP contribution in [0.25, 0.3) is 0 Å². The van der Waals surface area contributed by atoms with E-state index in [0.29, 0.717) is 11.8 Å². The normalized spacial score (nSPS) is 19.4. The van der Waals surface area contributed by atoms with Gasteiger partial charge in [-0.25, -0.2) is 0 Å². The monoisotopic (exact) mass is 417 g/mol. The minimum absolute atomic E-state index is 0. The number of aliphatic imine (C=N–C) groups is 1. The Morgan fingerprint density at radius 2 is 2.14 bits per heavy atom. The average molecular weight is 417 g/mol. The lowest BCUT2D eigenvalue weighted by Crippen LogP contribution is -2.42. The standard InChI is InChI=1S/C17H27N3O.HI/c1-14(16-7-5-4-6-8-16)11-19-17(18-2)20(3)12-15-9-10-21-13-15;/h4-8,14-15H,9-13H2,1-3H3,(H,18,19);1H. The van der Waals surface area contributed by atoms with Gasteiger partial charge in [0, 0.05) is 39.7 Å². The Morgan fingerprint density at radius 3 is 2.73 bits per heavy atom. The topological polar surface area (TPSA) is 36.9 Å². The van der Waals surface area contributed by atoms with Gasteiger partial charge in [-0.2, -0.15) is 0 Å². The molecule has 1 heterocycles. The van der Waals surface area contributed by atoms with Gasteiger partial charge in [0.2, 0.25) is 0 Å². The summed E-state index contributed by atoms with van der Waals surface area (Å²) < 4.78 is 5.44. The summed E-state index contributed by atoms with van der Waals surface area (Å²) in [6, 6.07) is 10.6. The van der Waals surface area contributed by atoms with Gasteiger partial charge in [-0.05, 0) is 17.9 Å². The maximum absolute atomic E-state index is 5.44. The van der Waals surface area contributed by atoms with Crippen LogP contribution in [-0.4, -0.2) is 51.3 Å². The molecule has 1 aliphatic heterocycles. The van der Waals surface area contributed by atoms with Crippen molar-refractivity contribution in [2.24, 2.45) is 10.9 Å². The molecule has 0 aliphatic carbocycles. The first-order chi connectivity index (χ1) is 10.2. The summed E-state index contributed by atoms with van der Waals surface area (Å²) in [5.41, 5.74) is 1.35. The molecule has 5 heteroatoms. The molecule has 1 N–H and O–H groups in total. The maximum Gasteiger partial charge on any atom is 0.193 e. The van der Waals surface area contributed by atoms with E-state index in [1.807, 2.05) is 7.05 Å². The van der Waals surface area contributed by atoms with Crippen LogP contribution in [0.4, 0.5) is 0 Å². The summed E-state index contributed by atoms with van der Waals surface area (Å²) in [5.74, 6) is 2.05. The van der Waals surface area contributed by atoms with Gasteiger partial charge in [0.05, 0.1) is 6.61 Å². The first-order valence-corrected chi connectivity index (χ1v) is 7.75. The Balaban J connectivity index is 0.00000242. The van der Waals surface area contributed by atoms with Gasteiger partial charge in [0.15, 0.2) is 5.96 Å². The van der Waals surface area contributed by atoms with Crippen molar-refractivity contribution in [1.82, 2.24) is 10.2 Å². The first kappa shape index (κ1) is 19.2. The van der Waals surface area contributed by atoms with Gasteiger partial charge in [-0.3, -0.25) is 4.99 Å². The number of ether oxygens (including phenoxy) is 1. The van der Waals surface area contributed by atoms with E-state index in [0.717, 1.165) is 38.7 Å². The predicted molar refractivity (Wildman–Crippen MR) is 103 cm³/mol. The summed E-state index contributed by atoms with van der Waals surface area (Å²) in [4.78, 5) is 6.59. The Bertz CT molecular complexity index is 446. The molecule has 22 heavy (non-hydrogen) atoms. The van der Waals surface area contributed by atoms with Crippen molar-refractivity contribution in [3.05, 3.63) is 35.9 Å². The van der Waals surface area contributed by atoms with Crippen molar-refractivity contribution in [3.63, 3.8) is 0 Å². The largest absolute Gasteiger partial charge is 0.381 e. The lowest BCUT2D eigenvalue weighted by Gasteiger charge is -2.25. The van der Waals surface area contributed by atoms with E-state index >= 15 is 0 Å². The fraction of sp³-hybridized carbons (Fsp3) is 0.588. The maximum atomic E-state index is 5.44. The Morgan fingerprint density at radius 1 is 1.41 bits per heavy atom.